The Kier molecular flexibility index (Phi) is 6.13. The third kappa shape index (κ3) is 3.92. The normalized spacial score (nSPS) is 21.9. The molecular formula is C28H34N2O3. The molecule has 0 aromatic heterocycles. The number of fused-ring (bicyclic) bond motifs is 1. The van der Waals surface area contributed by atoms with E-state index >= 15 is 0 Å². The Morgan fingerprint density at radius 3 is 2.42 bits per heavy atom. The highest BCUT2D eigenvalue weighted by atomic mass is 16.5. The van der Waals surface area contributed by atoms with Gasteiger partial charge in [0.15, 0.2) is 0 Å². The lowest BCUT2D eigenvalue weighted by Gasteiger charge is -2.52. The van der Waals surface area contributed by atoms with Crippen molar-refractivity contribution in [2.45, 2.75) is 75.3 Å². The van der Waals surface area contributed by atoms with Crippen molar-refractivity contribution in [3.63, 3.8) is 0 Å². The second-order valence-corrected chi connectivity index (χ2v) is 9.83. The van der Waals surface area contributed by atoms with Gasteiger partial charge in [-0.3, -0.25) is 9.59 Å². The van der Waals surface area contributed by atoms with E-state index in [1.165, 1.54) is 18.4 Å². The van der Waals surface area contributed by atoms with Crippen LogP contribution in [-0.4, -0.2) is 41.9 Å². The number of benzene rings is 2. The number of nitrogens with zero attached hydrogens (tertiary/aromatic N) is 1. The topological polar surface area (TPSA) is 58.6 Å². The highest BCUT2D eigenvalue weighted by molar-refractivity contribution is 6.02. The van der Waals surface area contributed by atoms with Gasteiger partial charge in [0.2, 0.25) is 5.91 Å². The first-order valence-corrected chi connectivity index (χ1v) is 12.5. The first kappa shape index (κ1) is 22.0. The quantitative estimate of drug-likeness (QED) is 0.690. The molecule has 2 aromatic rings. The van der Waals surface area contributed by atoms with E-state index in [0.29, 0.717) is 6.54 Å². The number of methoxy groups -OCH3 is 1. The minimum atomic E-state index is -0.384. The van der Waals surface area contributed by atoms with Crippen LogP contribution in [0.1, 0.15) is 78.8 Å². The van der Waals surface area contributed by atoms with Gasteiger partial charge in [0.05, 0.1) is 18.6 Å². The first-order valence-electron chi connectivity index (χ1n) is 12.5. The van der Waals surface area contributed by atoms with Gasteiger partial charge in [0.25, 0.3) is 5.91 Å². The van der Waals surface area contributed by atoms with E-state index in [9.17, 15) is 9.59 Å². The number of hydrogen-bond donors (Lipinski definition) is 1. The number of ether oxygens (including phenoxy) is 1. The maximum absolute atomic E-state index is 13.8. The Morgan fingerprint density at radius 1 is 1.03 bits per heavy atom. The Morgan fingerprint density at radius 2 is 1.73 bits per heavy atom. The molecular weight excluding hydrogens is 412 g/mol. The van der Waals surface area contributed by atoms with Gasteiger partial charge in [0.1, 0.15) is 5.75 Å². The fourth-order valence-corrected chi connectivity index (χ4v) is 6.52. The predicted octanol–water partition coefficient (Wildman–Crippen LogP) is 4.85. The average molecular weight is 447 g/mol. The van der Waals surface area contributed by atoms with Crippen LogP contribution in [0.25, 0.3) is 0 Å². The smallest absolute Gasteiger partial charge is 0.254 e. The fourth-order valence-electron chi connectivity index (χ4n) is 6.52. The van der Waals surface area contributed by atoms with Crippen LogP contribution in [0.3, 0.4) is 0 Å². The van der Waals surface area contributed by atoms with Crippen molar-refractivity contribution in [3.8, 4) is 5.75 Å². The van der Waals surface area contributed by atoms with E-state index in [1.807, 2.05) is 48.5 Å². The van der Waals surface area contributed by atoms with Gasteiger partial charge in [0, 0.05) is 18.2 Å². The minimum Gasteiger partial charge on any atom is -0.497 e. The number of carbonyl (C=O) groups is 2. The van der Waals surface area contributed by atoms with Crippen LogP contribution < -0.4 is 10.1 Å². The lowest BCUT2D eigenvalue weighted by Crippen LogP contribution is -2.63. The molecule has 2 fully saturated rings. The standard InChI is InChI=1S/C28H34N2O3/c1-33-22-14-12-20(13-15-22)16-19-29-26(31)25-23-10-4-5-11-24(23)27(32)30(21-8-2-3-9-21)28(25)17-6-7-18-28/h4-5,10-15,21,25H,2-3,6-9,16-19H2,1H3,(H,29,31)/t25-/m0/s1. The van der Waals surface area contributed by atoms with E-state index in [2.05, 4.69) is 10.2 Å². The van der Waals surface area contributed by atoms with Gasteiger partial charge in [-0.2, -0.15) is 0 Å². The third-order valence-electron chi connectivity index (χ3n) is 8.03. The molecule has 0 bridgehead atoms. The van der Waals surface area contributed by atoms with Gasteiger partial charge < -0.3 is 15.0 Å². The van der Waals surface area contributed by atoms with Gasteiger partial charge >= 0.3 is 0 Å². The molecule has 2 aromatic carbocycles. The molecule has 2 saturated carbocycles. The summed E-state index contributed by atoms with van der Waals surface area (Å²) >= 11 is 0. The van der Waals surface area contributed by atoms with E-state index in [0.717, 1.165) is 61.8 Å². The number of hydrogen-bond acceptors (Lipinski definition) is 3. The van der Waals surface area contributed by atoms with E-state index < -0.39 is 0 Å². The van der Waals surface area contributed by atoms with Crippen molar-refractivity contribution < 1.29 is 14.3 Å². The molecule has 2 aliphatic carbocycles. The average Bonchev–Trinajstić information content (AvgIpc) is 3.53. The Balaban J connectivity index is 1.42. The van der Waals surface area contributed by atoms with Crippen LogP contribution in [0.2, 0.25) is 0 Å². The van der Waals surface area contributed by atoms with Crippen LogP contribution >= 0.6 is 0 Å². The highest BCUT2D eigenvalue weighted by Gasteiger charge is 2.57. The molecule has 3 aliphatic rings. The summed E-state index contributed by atoms with van der Waals surface area (Å²) in [5.41, 5.74) is 2.42. The molecule has 5 nitrogen and oxygen atoms in total. The minimum absolute atomic E-state index is 0.0633. The zero-order valence-electron chi connectivity index (χ0n) is 19.5. The molecule has 1 N–H and O–H groups in total. The number of carbonyl (C=O) groups excluding carboxylic acids is 2. The molecule has 0 unspecified atom stereocenters. The third-order valence-corrected chi connectivity index (χ3v) is 8.03. The van der Waals surface area contributed by atoms with Crippen LogP contribution in [0.5, 0.6) is 5.75 Å². The van der Waals surface area contributed by atoms with Gasteiger partial charge in [-0.05, 0) is 61.4 Å². The summed E-state index contributed by atoms with van der Waals surface area (Å²) in [7, 11) is 1.66. The lowest BCUT2D eigenvalue weighted by atomic mass is 9.70. The number of rotatable bonds is 6. The van der Waals surface area contributed by atoms with Crippen molar-refractivity contribution in [2.75, 3.05) is 13.7 Å². The monoisotopic (exact) mass is 446 g/mol. The maximum atomic E-state index is 13.8. The second kappa shape index (κ2) is 9.20. The van der Waals surface area contributed by atoms with Crippen molar-refractivity contribution in [3.05, 3.63) is 65.2 Å². The molecule has 2 amide bonds. The molecule has 0 saturated heterocycles. The first-order chi connectivity index (χ1) is 16.1. The molecule has 5 heteroatoms. The summed E-state index contributed by atoms with van der Waals surface area (Å²) in [6, 6.07) is 16.1. The molecule has 5 rings (SSSR count). The van der Waals surface area contributed by atoms with Gasteiger partial charge in [-0.15, -0.1) is 0 Å². The summed E-state index contributed by atoms with van der Waals surface area (Å²) in [4.78, 5) is 29.8. The highest BCUT2D eigenvalue weighted by Crippen LogP contribution is 2.52. The maximum Gasteiger partial charge on any atom is 0.254 e. The Labute approximate surface area is 196 Å². The van der Waals surface area contributed by atoms with E-state index in [4.69, 9.17) is 4.74 Å². The van der Waals surface area contributed by atoms with E-state index in [1.54, 1.807) is 7.11 Å². The van der Waals surface area contributed by atoms with E-state index in [-0.39, 0.29) is 29.3 Å². The largest absolute Gasteiger partial charge is 0.497 e. The summed E-state index contributed by atoms with van der Waals surface area (Å²) in [6.45, 7) is 0.581. The molecule has 1 atom stereocenters. The van der Waals surface area contributed by atoms with Gasteiger partial charge in [-0.1, -0.05) is 56.0 Å². The van der Waals surface area contributed by atoms with Crippen LogP contribution in [0.15, 0.2) is 48.5 Å². The molecule has 1 spiro atoms. The molecule has 174 valence electrons. The van der Waals surface area contributed by atoms with Crippen LogP contribution in [-0.2, 0) is 11.2 Å². The van der Waals surface area contributed by atoms with Crippen molar-refractivity contribution in [1.82, 2.24) is 10.2 Å². The summed E-state index contributed by atoms with van der Waals surface area (Å²) < 4.78 is 5.24. The van der Waals surface area contributed by atoms with Gasteiger partial charge in [-0.25, -0.2) is 0 Å². The molecule has 1 heterocycles. The lowest BCUT2D eigenvalue weighted by molar-refractivity contribution is -0.126. The second-order valence-electron chi connectivity index (χ2n) is 9.83. The molecule has 33 heavy (non-hydrogen) atoms. The SMILES string of the molecule is COc1ccc(CCNC(=O)[C@@H]2c3ccccc3C(=O)N(C3CCCC3)C23CCCC3)cc1. The summed E-state index contributed by atoms with van der Waals surface area (Å²) in [5, 5.41) is 3.24. The van der Waals surface area contributed by atoms with Crippen LogP contribution in [0, 0.1) is 0 Å². The van der Waals surface area contributed by atoms with Crippen molar-refractivity contribution in [1.29, 1.82) is 0 Å². The van der Waals surface area contributed by atoms with Crippen molar-refractivity contribution in [2.24, 2.45) is 0 Å². The number of amides is 2. The van der Waals surface area contributed by atoms with Crippen molar-refractivity contribution >= 4 is 11.8 Å². The zero-order valence-corrected chi connectivity index (χ0v) is 19.5. The predicted molar refractivity (Wildman–Crippen MR) is 129 cm³/mol. The Bertz CT molecular complexity index is 1000. The summed E-state index contributed by atoms with van der Waals surface area (Å²) in [6.07, 6.45) is 9.21. The molecule has 0 radical (unpaired) electrons. The Hall–Kier alpha value is -2.82. The zero-order chi connectivity index (χ0) is 22.8. The number of nitrogens with one attached hydrogen (secondary N) is 1. The molecule has 1 aliphatic heterocycles. The van der Waals surface area contributed by atoms with Crippen LogP contribution in [0.4, 0.5) is 0 Å². The fraction of sp³-hybridized carbons (Fsp3) is 0.500. The summed E-state index contributed by atoms with van der Waals surface area (Å²) in [5.74, 6) is 0.738.